The summed E-state index contributed by atoms with van der Waals surface area (Å²) in [6, 6.07) is 4.66. The molecule has 2 atom stereocenters. The lowest BCUT2D eigenvalue weighted by molar-refractivity contribution is -0.139. The van der Waals surface area contributed by atoms with Gasteiger partial charge in [0.05, 0.1) is 30.2 Å². The number of aromatic nitrogens is 6. The lowest BCUT2D eigenvalue weighted by atomic mass is 10.0. The fourth-order valence-corrected chi connectivity index (χ4v) is 4.53. The van der Waals surface area contributed by atoms with Crippen molar-refractivity contribution in [3.8, 4) is 12.0 Å². The summed E-state index contributed by atoms with van der Waals surface area (Å²) in [5.41, 5.74) is 1.13. The second-order valence-corrected chi connectivity index (χ2v) is 8.45. The second-order valence-electron chi connectivity index (χ2n) is 8.07. The van der Waals surface area contributed by atoms with Gasteiger partial charge in [-0.1, -0.05) is 17.7 Å². The fraction of sp³-hybridized carbons (Fsp3) is 0.381. The molecule has 0 N–H and O–H groups in total. The molecule has 2 aliphatic rings. The first-order valence-corrected chi connectivity index (χ1v) is 11.0. The largest absolute Gasteiger partial charge is 0.370 e. The molecule has 5 rings (SSSR count). The van der Waals surface area contributed by atoms with E-state index in [4.69, 9.17) is 16.3 Å². The first kappa shape index (κ1) is 22.3. The van der Waals surface area contributed by atoms with Crippen LogP contribution in [0.15, 0.2) is 30.9 Å². The third-order valence-corrected chi connectivity index (χ3v) is 6.44. The molecular weight excluding hydrogens is 465 g/mol. The Balaban J connectivity index is 1.19. The molecular formula is C21H19ClFN9O2. The maximum absolute atomic E-state index is 13.8. The molecule has 2 aromatic heterocycles. The molecule has 0 unspecified atom stereocenters. The van der Waals surface area contributed by atoms with Gasteiger partial charge in [-0.2, -0.15) is 9.94 Å². The predicted octanol–water partition coefficient (Wildman–Crippen LogP) is 0.943. The first-order chi connectivity index (χ1) is 16.5. The zero-order valence-electron chi connectivity index (χ0n) is 17.9. The van der Waals surface area contributed by atoms with Crippen molar-refractivity contribution in [3.63, 3.8) is 0 Å². The van der Waals surface area contributed by atoms with Gasteiger partial charge in [0.25, 0.3) is 5.95 Å². The number of hydrogen-bond donors (Lipinski definition) is 0. The minimum atomic E-state index is -0.646. The lowest BCUT2D eigenvalue weighted by Crippen LogP contribution is -2.59. The number of amides is 1. The molecule has 0 spiro atoms. The highest BCUT2D eigenvalue weighted by Crippen LogP contribution is 2.34. The Hall–Kier alpha value is -3.53. The molecule has 3 aromatic rings. The van der Waals surface area contributed by atoms with E-state index in [1.165, 1.54) is 17.1 Å². The van der Waals surface area contributed by atoms with Crippen LogP contribution in [0.4, 0.5) is 4.39 Å². The van der Waals surface area contributed by atoms with Crippen LogP contribution in [0, 0.1) is 17.1 Å². The van der Waals surface area contributed by atoms with Crippen LogP contribution >= 0.6 is 11.6 Å². The van der Waals surface area contributed by atoms with E-state index in [-0.39, 0.29) is 35.1 Å². The van der Waals surface area contributed by atoms with Gasteiger partial charge in [-0.25, -0.2) is 14.4 Å². The van der Waals surface area contributed by atoms with Crippen molar-refractivity contribution < 1.29 is 13.9 Å². The van der Waals surface area contributed by atoms with Crippen molar-refractivity contribution in [1.29, 1.82) is 5.26 Å². The van der Waals surface area contributed by atoms with Crippen molar-refractivity contribution in [2.24, 2.45) is 0 Å². The average Bonchev–Trinajstić information content (AvgIpc) is 3.39. The number of carbonyl (C=O) groups is 1. The van der Waals surface area contributed by atoms with Gasteiger partial charge in [-0.3, -0.25) is 9.69 Å². The number of fused-ring (bicyclic) bond motifs is 1. The predicted molar refractivity (Wildman–Crippen MR) is 115 cm³/mol. The van der Waals surface area contributed by atoms with Crippen molar-refractivity contribution in [2.45, 2.75) is 18.6 Å². The minimum Gasteiger partial charge on any atom is -0.370 e. The molecule has 0 radical (unpaired) electrons. The van der Waals surface area contributed by atoms with Crippen molar-refractivity contribution in [2.75, 3.05) is 32.8 Å². The summed E-state index contributed by atoms with van der Waals surface area (Å²) in [7, 11) is 0. The molecule has 1 aromatic carbocycles. The number of nitrogens with zero attached hydrogens (tertiary/aromatic N) is 9. The molecule has 34 heavy (non-hydrogen) atoms. The molecule has 1 amide bonds. The van der Waals surface area contributed by atoms with E-state index in [1.54, 1.807) is 18.5 Å². The molecule has 2 aliphatic heterocycles. The standard InChI is InChI=1S/C21H19ClFN9O2/c22-20-15(1-2-17(23)16(20)6-24)18-10-30-3-4-31(9-14(30)11-34-18)19(33)5-13-7-25-21(26-8-13)32-12-27-28-29-32/h1-2,7-8,12,14,18H,3-5,9-11H2/t14-,18-/m1/s1. The average molecular weight is 484 g/mol. The number of hydrogen-bond acceptors (Lipinski definition) is 9. The number of morpholine rings is 1. The van der Waals surface area contributed by atoms with Crippen molar-refractivity contribution in [3.05, 3.63) is 58.4 Å². The van der Waals surface area contributed by atoms with Crippen LogP contribution in [0.5, 0.6) is 0 Å². The number of halogens is 2. The lowest BCUT2D eigenvalue weighted by Gasteiger charge is -2.46. The second kappa shape index (κ2) is 9.38. The normalized spacial score (nSPS) is 20.6. The number of rotatable bonds is 4. The van der Waals surface area contributed by atoms with E-state index in [0.29, 0.717) is 49.9 Å². The number of tetrazole rings is 1. The quantitative estimate of drug-likeness (QED) is 0.532. The third kappa shape index (κ3) is 4.33. The van der Waals surface area contributed by atoms with E-state index >= 15 is 0 Å². The Bertz CT molecular complexity index is 1230. The van der Waals surface area contributed by atoms with Gasteiger partial charge < -0.3 is 9.64 Å². The number of nitriles is 1. The Morgan fingerprint density at radius 2 is 2.09 bits per heavy atom. The summed E-state index contributed by atoms with van der Waals surface area (Å²) in [6.07, 6.45) is 4.40. The van der Waals surface area contributed by atoms with E-state index in [2.05, 4.69) is 30.4 Å². The summed E-state index contributed by atoms with van der Waals surface area (Å²) in [5.74, 6) is -0.333. The van der Waals surface area contributed by atoms with Gasteiger partial charge >= 0.3 is 0 Å². The molecule has 2 fully saturated rings. The van der Waals surface area contributed by atoms with Crippen LogP contribution in [0.25, 0.3) is 5.95 Å². The van der Waals surface area contributed by atoms with Gasteiger partial charge in [-0.05, 0) is 22.1 Å². The molecule has 4 heterocycles. The van der Waals surface area contributed by atoms with E-state index < -0.39 is 5.82 Å². The number of benzene rings is 1. The highest BCUT2D eigenvalue weighted by molar-refractivity contribution is 6.32. The Morgan fingerprint density at radius 1 is 1.26 bits per heavy atom. The number of piperazine rings is 1. The molecule has 174 valence electrons. The molecule has 0 saturated carbocycles. The van der Waals surface area contributed by atoms with E-state index in [9.17, 15) is 14.4 Å². The summed E-state index contributed by atoms with van der Waals surface area (Å²) < 4.78 is 21.2. The van der Waals surface area contributed by atoms with Gasteiger partial charge in [0.2, 0.25) is 5.91 Å². The molecule has 11 nitrogen and oxygen atoms in total. The zero-order chi connectivity index (χ0) is 23.7. The summed E-state index contributed by atoms with van der Waals surface area (Å²) in [6.45, 7) is 2.74. The van der Waals surface area contributed by atoms with Gasteiger partial charge in [0.1, 0.15) is 23.8 Å². The maximum Gasteiger partial charge on any atom is 0.253 e. The fourth-order valence-electron chi connectivity index (χ4n) is 4.22. The molecule has 0 aliphatic carbocycles. The Kier molecular flexibility index (Phi) is 6.14. The van der Waals surface area contributed by atoms with E-state index in [0.717, 1.165) is 0 Å². The zero-order valence-corrected chi connectivity index (χ0v) is 18.6. The van der Waals surface area contributed by atoms with Crippen molar-refractivity contribution >= 4 is 17.5 Å². The SMILES string of the molecule is N#Cc1c(F)ccc([C@H]2CN3CCN(C(=O)Cc4cnc(-n5cnnn5)nc4)C[C@@H]3CO2)c1Cl. The highest BCUT2D eigenvalue weighted by atomic mass is 35.5. The Morgan fingerprint density at radius 3 is 2.82 bits per heavy atom. The van der Waals surface area contributed by atoms with Crippen LogP contribution in [-0.4, -0.2) is 84.7 Å². The third-order valence-electron chi connectivity index (χ3n) is 6.03. The van der Waals surface area contributed by atoms with Crippen LogP contribution in [-0.2, 0) is 16.0 Å². The maximum atomic E-state index is 13.8. The van der Waals surface area contributed by atoms with Crippen LogP contribution in [0.3, 0.4) is 0 Å². The number of carbonyl (C=O) groups excluding carboxylic acids is 1. The van der Waals surface area contributed by atoms with Gasteiger partial charge in [0, 0.05) is 44.1 Å². The van der Waals surface area contributed by atoms with E-state index in [1.807, 2.05) is 11.0 Å². The van der Waals surface area contributed by atoms with Gasteiger partial charge in [-0.15, -0.1) is 5.10 Å². The molecule has 0 bridgehead atoms. The topological polar surface area (TPSA) is 126 Å². The van der Waals surface area contributed by atoms with Gasteiger partial charge in [0.15, 0.2) is 0 Å². The molecule has 2 saturated heterocycles. The summed E-state index contributed by atoms with van der Waals surface area (Å²) >= 11 is 6.27. The summed E-state index contributed by atoms with van der Waals surface area (Å²) in [4.78, 5) is 25.3. The number of ether oxygens (including phenoxy) is 1. The minimum absolute atomic E-state index is 0.0132. The summed E-state index contributed by atoms with van der Waals surface area (Å²) in [5, 5.41) is 20.1. The van der Waals surface area contributed by atoms with Crippen LogP contribution < -0.4 is 0 Å². The van der Waals surface area contributed by atoms with Crippen molar-refractivity contribution in [1.82, 2.24) is 40.0 Å². The Labute approximate surface area is 198 Å². The smallest absolute Gasteiger partial charge is 0.253 e. The van der Waals surface area contributed by atoms with Crippen LogP contribution in [0.2, 0.25) is 5.02 Å². The monoisotopic (exact) mass is 483 g/mol. The highest BCUT2D eigenvalue weighted by Gasteiger charge is 2.36. The first-order valence-electron chi connectivity index (χ1n) is 10.6. The molecule has 13 heteroatoms. The van der Waals surface area contributed by atoms with Crippen LogP contribution in [0.1, 0.15) is 22.8 Å².